The summed E-state index contributed by atoms with van der Waals surface area (Å²) in [5.41, 5.74) is 1.21. The standard InChI is InChI=1S/C12H18N2OS/c1-13(2)10-4-3-5-14(7-10)11-6-12(8-15)16-9-11/h6,8-10H,3-5,7H2,1-2H3. The van der Waals surface area contributed by atoms with Gasteiger partial charge in [-0.15, -0.1) is 11.3 Å². The van der Waals surface area contributed by atoms with Crippen molar-refractivity contribution in [3.05, 3.63) is 16.3 Å². The maximum Gasteiger partial charge on any atom is 0.160 e. The van der Waals surface area contributed by atoms with E-state index in [9.17, 15) is 4.79 Å². The first-order valence-electron chi connectivity index (χ1n) is 5.66. The van der Waals surface area contributed by atoms with E-state index in [1.54, 1.807) is 0 Å². The summed E-state index contributed by atoms with van der Waals surface area (Å²) < 4.78 is 0. The van der Waals surface area contributed by atoms with Crippen LogP contribution in [0.5, 0.6) is 0 Å². The zero-order valence-electron chi connectivity index (χ0n) is 9.85. The van der Waals surface area contributed by atoms with E-state index in [1.807, 2.05) is 6.07 Å². The number of carbonyl (C=O) groups excluding carboxylic acids is 1. The van der Waals surface area contributed by atoms with Crippen LogP contribution in [0, 0.1) is 0 Å². The van der Waals surface area contributed by atoms with Crippen LogP contribution in [0.15, 0.2) is 11.4 Å². The summed E-state index contributed by atoms with van der Waals surface area (Å²) >= 11 is 1.53. The van der Waals surface area contributed by atoms with Gasteiger partial charge >= 0.3 is 0 Å². The van der Waals surface area contributed by atoms with Crippen molar-refractivity contribution in [2.45, 2.75) is 18.9 Å². The smallest absolute Gasteiger partial charge is 0.160 e. The molecule has 0 aliphatic carbocycles. The molecule has 1 fully saturated rings. The highest BCUT2D eigenvalue weighted by Crippen LogP contribution is 2.26. The molecule has 2 rings (SSSR count). The lowest BCUT2D eigenvalue weighted by Gasteiger charge is -2.37. The van der Waals surface area contributed by atoms with Crippen molar-refractivity contribution in [3.63, 3.8) is 0 Å². The molecule has 0 saturated carbocycles. The second-order valence-electron chi connectivity index (χ2n) is 4.53. The zero-order chi connectivity index (χ0) is 11.5. The van der Waals surface area contributed by atoms with Gasteiger partial charge in [-0.25, -0.2) is 0 Å². The first kappa shape index (κ1) is 11.6. The Morgan fingerprint density at radius 2 is 2.38 bits per heavy atom. The molecule has 0 bridgehead atoms. The van der Waals surface area contributed by atoms with Gasteiger partial charge in [-0.3, -0.25) is 4.79 Å². The van der Waals surface area contributed by atoms with Gasteiger partial charge in [-0.05, 0) is 33.0 Å². The van der Waals surface area contributed by atoms with Crippen molar-refractivity contribution in [3.8, 4) is 0 Å². The molecule has 1 aliphatic rings. The van der Waals surface area contributed by atoms with Crippen molar-refractivity contribution in [2.24, 2.45) is 0 Å². The highest BCUT2D eigenvalue weighted by molar-refractivity contribution is 7.12. The van der Waals surface area contributed by atoms with E-state index < -0.39 is 0 Å². The Morgan fingerprint density at radius 3 is 3.00 bits per heavy atom. The third-order valence-corrected chi connectivity index (χ3v) is 4.06. The van der Waals surface area contributed by atoms with Crippen molar-refractivity contribution in [1.82, 2.24) is 4.90 Å². The van der Waals surface area contributed by atoms with Gasteiger partial charge in [0.25, 0.3) is 0 Å². The van der Waals surface area contributed by atoms with E-state index in [1.165, 1.54) is 29.9 Å². The summed E-state index contributed by atoms with van der Waals surface area (Å²) in [6.07, 6.45) is 3.44. The average Bonchev–Trinajstić information content (AvgIpc) is 2.77. The number of likely N-dealkylation sites (N-methyl/N-ethyl adjacent to an activating group) is 1. The topological polar surface area (TPSA) is 23.6 Å². The van der Waals surface area contributed by atoms with Crippen LogP contribution >= 0.6 is 11.3 Å². The first-order valence-corrected chi connectivity index (χ1v) is 6.54. The number of rotatable bonds is 3. The minimum Gasteiger partial charge on any atom is -0.369 e. The lowest BCUT2D eigenvalue weighted by atomic mass is 10.0. The molecule has 0 radical (unpaired) electrons. The molecule has 2 heterocycles. The van der Waals surface area contributed by atoms with Crippen LogP contribution in [0.25, 0.3) is 0 Å². The summed E-state index contributed by atoms with van der Waals surface area (Å²) in [5, 5.41) is 2.09. The molecule has 1 atom stereocenters. The third kappa shape index (κ3) is 2.44. The second-order valence-corrected chi connectivity index (χ2v) is 5.47. The summed E-state index contributed by atoms with van der Waals surface area (Å²) in [6.45, 7) is 2.18. The Labute approximate surface area is 101 Å². The van der Waals surface area contributed by atoms with E-state index >= 15 is 0 Å². The van der Waals surface area contributed by atoms with Crippen molar-refractivity contribution in [1.29, 1.82) is 0 Å². The molecule has 1 saturated heterocycles. The average molecular weight is 238 g/mol. The molecule has 0 aromatic carbocycles. The first-order chi connectivity index (χ1) is 7.70. The van der Waals surface area contributed by atoms with Crippen molar-refractivity contribution >= 4 is 23.3 Å². The minimum absolute atomic E-state index is 0.633. The molecule has 1 unspecified atom stereocenters. The normalized spacial score (nSPS) is 21.4. The zero-order valence-corrected chi connectivity index (χ0v) is 10.7. The van der Waals surface area contributed by atoms with Gasteiger partial charge < -0.3 is 9.80 Å². The molecular formula is C12H18N2OS. The van der Waals surface area contributed by atoms with E-state index in [2.05, 4.69) is 29.3 Å². The van der Waals surface area contributed by atoms with Crippen LogP contribution in [0.4, 0.5) is 5.69 Å². The molecule has 1 aromatic heterocycles. The fraction of sp³-hybridized carbons (Fsp3) is 0.583. The van der Waals surface area contributed by atoms with E-state index in [0.717, 1.165) is 24.3 Å². The molecule has 1 aliphatic heterocycles. The molecule has 0 N–H and O–H groups in total. The number of hydrogen-bond acceptors (Lipinski definition) is 4. The van der Waals surface area contributed by atoms with Gasteiger partial charge in [0.2, 0.25) is 0 Å². The van der Waals surface area contributed by atoms with Gasteiger partial charge in [0.15, 0.2) is 6.29 Å². The number of thiophene rings is 1. The number of aldehydes is 1. The fourth-order valence-electron chi connectivity index (χ4n) is 2.18. The number of hydrogen-bond donors (Lipinski definition) is 0. The van der Waals surface area contributed by atoms with Gasteiger partial charge in [0.1, 0.15) is 0 Å². The Morgan fingerprint density at radius 1 is 1.56 bits per heavy atom. The largest absolute Gasteiger partial charge is 0.369 e. The SMILES string of the molecule is CN(C)C1CCCN(c2csc(C=O)c2)C1. The summed E-state index contributed by atoms with van der Waals surface area (Å²) in [4.78, 5) is 16.2. The van der Waals surface area contributed by atoms with Crippen molar-refractivity contribution < 1.29 is 4.79 Å². The lowest BCUT2D eigenvalue weighted by Crippen LogP contribution is -2.45. The van der Waals surface area contributed by atoms with E-state index in [4.69, 9.17) is 0 Å². The molecular weight excluding hydrogens is 220 g/mol. The Kier molecular flexibility index (Phi) is 3.61. The molecule has 4 heteroatoms. The molecule has 88 valence electrons. The molecule has 16 heavy (non-hydrogen) atoms. The Hall–Kier alpha value is -0.870. The van der Waals surface area contributed by atoms with Crippen LogP contribution < -0.4 is 4.90 Å². The van der Waals surface area contributed by atoms with E-state index in [-0.39, 0.29) is 0 Å². The Bertz CT molecular complexity index is 362. The maximum atomic E-state index is 10.7. The maximum absolute atomic E-state index is 10.7. The molecule has 0 amide bonds. The van der Waals surface area contributed by atoms with Gasteiger partial charge in [-0.1, -0.05) is 0 Å². The quantitative estimate of drug-likeness (QED) is 0.753. The van der Waals surface area contributed by atoms with Crippen LogP contribution in [0.3, 0.4) is 0 Å². The highest BCUT2D eigenvalue weighted by atomic mass is 32.1. The third-order valence-electron chi connectivity index (χ3n) is 3.21. The van der Waals surface area contributed by atoms with Crippen LogP contribution in [-0.4, -0.2) is 44.4 Å². The number of anilines is 1. The summed E-state index contributed by atoms with van der Waals surface area (Å²) in [6, 6.07) is 2.63. The fourth-order valence-corrected chi connectivity index (χ4v) is 2.90. The molecule has 0 spiro atoms. The Balaban J connectivity index is 2.06. The van der Waals surface area contributed by atoms with Gasteiger partial charge in [-0.2, -0.15) is 0 Å². The second kappa shape index (κ2) is 4.97. The van der Waals surface area contributed by atoms with E-state index in [0.29, 0.717) is 6.04 Å². The van der Waals surface area contributed by atoms with Gasteiger partial charge in [0, 0.05) is 30.2 Å². The predicted molar refractivity (Wildman–Crippen MR) is 68.6 cm³/mol. The van der Waals surface area contributed by atoms with Gasteiger partial charge in [0.05, 0.1) is 4.88 Å². The lowest BCUT2D eigenvalue weighted by molar-refractivity contribution is 0.112. The number of carbonyl (C=O) groups is 1. The molecule has 3 nitrogen and oxygen atoms in total. The summed E-state index contributed by atoms with van der Waals surface area (Å²) in [5.74, 6) is 0. The number of piperidine rings is 1. The predicted octanol–water partition coefficient (Wildman–Crippen LogP) is 2.09. The molecule has 1 aromatic rings. The van der Waals surface area contributed by atoms with Crippen molar-refractivity contribution in [2.75, 3.05) is 32.1 Å². The van der Waals surface area contributed by atoms with Crippen LogP contribution in [-0.2, 0) is 0 Å². The highest BCUT2D eigenvalue weighted by Gasteiger charge is 2.21. The van der Waals surface area contributed by atoms with Crippen LogP contribution in [0.2, 0.25) is 0 Å². The summed E-state index contributed by atoms with van der Waals surface area (Å²) in [7, 11) is 4.28. The van der Waals surface area contributed by atoms with Crippen LogP contribution in [0.1, 0.15) is 22.5 Å². The monoisotopic (exact) mass is 238 g/mol. The minimum atomic E-state index is 0.633. The number of nitrogens with zero attached hydrogens (tertiary/aromatic N) is 2.